The predicted octanol–water partition coefficient (Wildman–Crippen LogP) is 4.90. The van der Waals surface area contributed by atoms with Crippen LogP contribution >= 0.6 is 23.4 Å². The maximum absolute atomic E-state index is 6.69. The fourth-order valence-electron chi connectivity index (χ4n) is 3.68. The van der Waals surface area contributed by atoms with Gasteiger partial charge in [-0.3, -0.25) is 4.99 Å². The average molecular weight is 455 g/mol. The van der Waals surface area contributed by atoms with Gasteiger partial charge < -0.3 is 15.2 Å². The second-order valence-electron chi connectivity index (χ2n) is 7.74. The van der Waals surface area contributed by atoms with E-state index in [1.165, 1.54) is 11.8 Å². The lowest BCUT2D eigenvalue weighted by atomic mass is 9.94. The molecule has 1 aliphatic carbocycles. The maximum Gasteiger partial charge on any atom is 0.196 e. The fourth-order valence-corrected chi connectivity index (χ4v) is 4.91. The lowest BCUT2D eigenvalue weighted by molar-refractivity contribution is 0.447. The van der Waals surface area contributed by atoms with Crippen molar-refractivity contribution in [3.8, 4) is 0 Å². The molecule has 31 heavy (non-hydrogen) atoms. The van der Waals surface area contributed by atoms with E-state index in [1.54, 1.807) is 12.3 Å². The summed E-state index contributed by atoms with van der Waals surface area (Å²) in [7, 11) is 1.99. The first-order chi connectivity index (χ1) is 14.9. The SMILES string of the molecule is C=CC=NC1=CC(Sc2nc(N3CC(NC)C3)c3c(Cl)c(CC)[nH]c3n2)=CC(=C)C1C. The highest BCUT2D eigenvalue weighted by molar-refractivity contribution is 8.03. The Morgan fingerprint density at radius 2 is 2.16 bits per heavy atom. The van der Waals surface area contributed by atoms with Crippen LogP contribution in [0.5, 0.6) is 0 Å². The van der Waals surface area contributed by atoms with Crippen LogP contribution < -0.4 is 10.2 Å². The number of aliphatic imine (C=N–C) groups is 1. The fraction of sp³-hybridized carbons (Fsp3) is 0.348. The van der Waals surface area contributed by atoms with Crippen LogP contribution in [-0.2, 0) is 6.42 Å². The van der Waals surface area contributed by atoms with Crippen molar-refractivity contribution in [2.75, 3.05) is 25.0 Å². The first kappa shape index (κ1) is 21.9. The molecule has 0 spiro atoms. The number of nitrogens with one attached hydrogen (secondary N) is 2. The molecule has 1 saturated heterocycles. The summed E-state index contributed by atoms with van der Waals surface area (Å²) in [5.41, 5.74) is 3.73. The summed E-state index contributed by atoms with van der Waals surface area (Å²) < 4.78 is 0. The van der Waals surface area contributed by atoms with E-state index in [1.807, 2.05) is 7.05 Å². The van der Waals surface area contributed by atoms with Gasteiger partial charge in [-0.15, -0.1) is 0 Å². The normalized spacial score (nSPS) is 19.7. The molecule has 2 aromatic rings. The Kier molecular flexibility index (Phi) is 6.36. The van der Waals surface area contributed by atoms with Crippen molar-refractivity contribution in [2.45, 2.75) is 31.5 Å². The van der Waals surface area contributed by atoms with Gasteiger partial charge in [0.15, 0.2) is 5.16 Å². The summed E-state index contributed by atoms with van der Waals surface area (Å²) in [6.45, 7) is 13.9. The summed E-state index contributed by atoms with van der Waals surface area (Å²) >= 11 is 8.20. The number of anilines is 1. The number of rotatable bonds is 7. The predicted molar refractivity (Wildman–Crippen MR) is 132 cm³/mol. The lowest BCUT2D eigenvalue weighted by Gasteiger charge is -2.40. The minimum absolute atomic E-state index is 0.161. The molecular weight excluding hydrogens is 428 g/mol. The molecule has 1 unspecified atom stereocenters. The van der Waals surface area contributed by atoms with Crippen molar-refractivity contribution >= 4 is 46.4 Å². The van der Waals surface area contributed by atoms with Crippen LogP contribution in [0, 0.1) is 5.92 Å². The number of fused-ring (bicyclic) bond motifs is 1. The van der Waals surface area contributed by atoms with Crippen LogP contribution in [0.2, 0.25) is 5.02 Å². The van der Waals surface area contributed by atoms with E-state index in [-0.39, 0.29) is 5.92 Å². The van der Waals surface area contributed by atoms with Crippen LogP contribution in [0.4, 0.5) is 5.82 Å². The number of hydrogen-bond acceptors (Lipinski definition) is 6. The number of hydrogen-bond donors (Lipinski definition) is 2. The number of aryl methyl sites for hydroxylation is 1. The highest BCUT2D eigenvalue weighted by atomic mass is 35.5. The van der Waals surface area contributed by atoms with E-state index in [4.69, 9.17) is 21.6 Å². The number of H-pyrrole nitrogens is 1. The number of likely N-dealkylation sites (N-methyl/N-ethyl adjacent to an activating group) is 1. The first-order valence-electron chi connectivity index (χ1n) is 10.4. The van der Waals surface area contributed by atoms with Crippen molar-refractivity contribution in [1.29, 1.82) is 0 Å². The molecule has 2 aromatic heterocycles. The summed E-state index contributed by atoms with van der Waals surface area (Å²) in [4.78, 5) is 20.9. The highest BCUT2D eigenvalue weighted by Gasteiger charge is 2.30. The molecule has 2 aliphatic rings. The molecule has 3 heterocycles. The Hall–Kier alpha value is -2.35. The topological polar surface area (TPSA) is 69.2 Å². The maximum atomic E-state index is 6.69. The minimum Gasteiger partial charge on any atom is -0.353 e. The van der Waals surface area contributed by atoms with Gasteiger partial charge in [0.05, 0.1) is 10.4 Å². The molecule has 1 fully saturated rings. The van der Waals surface area contributed by atoms with Crippen molar-refractivity contribution < 1.29 is 0 Å². The number of nitrogens with zero attached hydrogens (tertiary/aromatic N) is 4. The Labute approximate surface area is 192 Å². The molecule has 0 aromatic carbocycles. The Balaban J connectivity index is 1.72. The van der Waals surface area contributed by atoms with Crippen molar-refractivity contribution in [2.24, 2.45) is 10.9 Å². The van der Waals surface area contributed by atoms with Crippen LogP contribution in [-0.4, -0.2) is 47.3 Å². The zero-order valence-electron chi connectivity index (χ0n) is 18.1. The molecule has 1 aliphatic heterocycles. The van der Waals surface area contributed by atoms with Gasteiger partial charge in [0.2, 0.25) is 0 Å². The van der Waals surface area contributed by atoms with Gasteiger partial charge in [-0.05, 0) is 43.0 Å². The second-order valence-corrected chi connectivity index (χ2v) is 9.16. The molecule has 0 saturated carbocycles. The van der Waals surface area contributed by atoms with Crippen molar-refractivity contribution in [1.82, 2.24) is 20.3 Å². The quantitative estimate of drug-likeness (QED) is 0.459. The van der Waals surface area contributed by atoms with Crippen molar-refractivity contribution in [3.63, 3.8) is 0 Å². The standard InChI is InChI=1S/C23H27ClN6S/c1-6-8-26-18-10-16(9-13(3)14(18)4)31-23-28-21-19(20(24)17(7-2)27-21)22(29-23)30-11-15(12-30)25-5/h6,8-10,14-15,25H,1,3,7,11-12H2,2,4-5H3,(H,27,28,29). The first-order valence-corrected chi connectivity index (χ1v) is 11.6. The Bertz CT molecular complexity index is 1120. The number of thioether (sulfide) groups is 1. The Morgan fingerprint density at radius 3 is 2.84 bits per heavy atom. The van der Waals surface area contributed by atoms with Crippen LogP contribution in [0.15, 0.2) is 57.7 Å². The van der Waals surface area contributed by atoms with Gasteiger partial charge in [-0.1, -0.05) is 44.7 Å². The van der Waals surface area contributed by atoms with Crippen LogP contribution in [0.25, 0.3) is 11.0 Å². The molecule has 1 atom stereocenters. The third kappa shape index (κ3) is 4.22. The Morgan fingerprint density at radius 1 is 1.39 bits per heavy atom. The summed E-state index contributed by atoms with van der Waals surface area (Å²) in [5, 5.41) is 5.61. The minimum atomic E-state index is 0.161. The molecule has 0 bridgehead atoms. The highest BCUT2D eigenvalue weighted by Crippen LogP contribution is 2.40. The van der Waals surface area contributed by atoms with Gasteiger partial charge >= 0.3 is 0 Å². The molecular formula is C23H27ClN6S. The third-order valence-electron chi connectivity index (χ3n) is 5.72. The van der Waals surface area contributed by atoms with Gasteiger partial charge in [0, 0.05) is 47.6 Å². The van der Waals surface area contributed by atoms with Crippen molar-refractivity contribution in [3.05, 3.63) is 58.3 Å². The number of aromatic amines is 1. The molecule has 6 nitrogen and oxygen atoms in total. The largest absolute Gasteiger partial charge is 0.353 e. The number of aromatic nitrogens is 3. The monoisotopic (exact) mass is 454 g/mol. The molecule has 0 amide bonds. The van der Waals surface area contributed by atoms with E-state index >= 15 is 0 Å². The average Bonchev–Trinajstić information content (AvgIpc) is 3.04. The van der Waals surface area contributed by atoms with Gasteiger partial charge in [-0.2, -0.15) is 0 Å². The van der Waals surface area contributed by atoms with E-state index < -0.39 is 0 Å². The number of allylic oxidation sites excluding steroid dienone is 4. The van der Waals surface area contributed by atoms with Crippen LogP contribution in [0.3, 0.4) is 0 Å². The van der Waals surface area contributed by atoms with E-state index in [0.29, 0.717) is 11.2 Å². The zero-order valence-corrected chi connectivity index (χ0v) is 19.6. The molecule has 162 valence electrons. The smallest absolute Gasteiger partial charge is 0.196 e. The zero-order chi connectivity index (χ0) is 22.1. The molecule has 8 heteroatoms. The summed E-state index contributed by atoms with van der Waals surface area (Å²) in [6.07, 6.45) is 8.34. The van der Waals surface area contributed by atoms with Gasteiger partial charge in [-0.25, -0.2) is 9.97 Å². The number of halogens is 1. The molecule has 2 N–H and O–H groups in total. The second kappa shape index (κ2) is 9.02. The van der Waals surface area contributed by atoms with Gasteiger partial charge in [0.25, 0.3) is 0 Å². The summed E-state index contributed by atoms with van der Waals surface area (Å²) in [6, 6.07) is 0.462. The summed E-state index contributed by atoms with van der Waals surface area (Å²) in [5.74, 6) is 1.05. The lowest BCUT2D eigenvalue weighted by Crippen LogP contribution is -2.57. The van der Waals surface area contributed by atoms with E-state index in [9.17, 15) is 0 Å². The molecule has 4 rings (SSSR count). The van der Waals surface area contributed by atoms with E-state index in [2.05, 4.69) is 59.4 Å². The van der Waals surface area contributed by atoms with Gasteiger partial charge in [0.1, 0.15) is 11.5 Å². The molecule has 0 radical (unpaired) electrons. The van der Waals surface area contributed by atoms with E-state index in [0.717, 1.165) is 63.3 Å². The van der Waals surface area contributed by atoms with Crippen LogP contribution in [0.1, 0.15) is 19.5 Å². The third-order valence-corrected chi connectivity index (χ3v) is 6.98.